The lowest BCUT2D eigenvalue weighted by Crippen LogP contribution is -2.43. The molecule has 1 atom stereocenters. The number of esters is 1. The third kappa shape index (κ3) is 0.950. The van der Waals surface area contributed by atoms with Gasteiger partial charge in [0.1, 0.15) is 0 Å². The van der Waals surface area contributed by atoms with Gasteiger partial charge in [-0.25, -0.2) is 0 Å². The number of aliphatic hydroxyl groups is 1. The zero-order valence-corrected chi connectivity index (χ0v) is 5.16. The molecule has 1 amide bonds. The van der Waals surface area contributed by atoms with Crippen molar-refractivity contribution in [2.75, 3.05) is 0 Å². The fourth-order valence-electron chi connectivity index (χ4n) is 0.735. The Kier molecular flexibility index (Phi) is 1.37. The molecule has 1 heterocycles. The van der Waals surface area contributed by atoms with Gasteiger partial charge in [-0.1, -0.05) is 0 Å². The van der Waals surface area contributed by atoms with Crippen molar-refractivity contribution in [2.24, 2.45) is 5.73 Å². The lowest BCUT2D eigenvalue weighted by molar-refractivity contribution is -0.193. The van der Waals surface area contributed by atoms with E-state index in [9.17, 15) is 9.59 Å². The molecular weight excluding hydrogens is 138 g/mol. The topological polar surface area (TPSA) is 89.6 Å². The first-order valence-corrected chi connectivity index (χ1v) is 2.79. The number of nitrogens with two attached hydrogens (primary N) is 1. The first kappa shape index (κ1) is 7.01. The van der Waals surface area contributed by atoms with Crippen molar-refractivity contribution in [1.82, 2.24) is 0 Å². The van der Waals surface area contributed by atoms with Gasteiger partial charge in [-0.3, -0.25) is 9.59 Å². The number of hydrogen-bond acceptors (Lipinski definition) is 4. The van der Waals surface area contributed by atoms with E-state index >= 15 is 0 Å². The molecule has 1 fully saturated rings. The van der Waals surface area contributed by atoms with Crippen molar-refractivity contribution in [2.45, 2.75) is 18.6 Å². The van der Waals surface area contributed by atoms with E-state index in [1.54, 1.807) is 0 Å². The average molecular weight is 145 g/mol. The van der Waals surface area contributed by atoms with Crippen LogP contribution in [0.4, 0.5) is 0 Å². The minimum Gasteiger partial charge on any atom is -0.423 e. The summed E-state index contributed by atoms with van der Waals surface area (Å²) >= 11 is 0. The summed E-state index contributed by atoms with van der Waals surface area (Å²) in [4.78, 5) is 20.7. The number of primary amides is 1. The molecule has 1 aliphatic heterocycles. The third-order valence-corrected chi connectivity index (χ3v) is 1.34. The van der Waals surface area contributed by atoms with Crippen molar-refractivity contribution in [1.29, 1.82) is 0 Å². The van der Waals surface area contributed by atoms with Crippen LogP contribution in [0.3, 0.4) is 0 Å². The molecule has 3 N–H and O–H groups in total. The standard InChI is InChI=1S/C5H7NO4/c6-4(8)5(9)2-1-3(7)10-5/h9H,1-2H2,(H2,6,8). The molecule has 1 saturated heterocycles. The Labute approximate surface area is 56.8 Å². The zero-order chi connectivity index (χ0) is 7.78. The number of cyclic esters (lactones) is 1. The van der Waals surface area contributed by atoms with Gasteiger partial charge >= 0.3 is 5.97 Å². The number of carbonyl (C=O) groups is 2. The molecule has 0 aliphatic carbocycles. The second-order valence-electron chi connectivity index (χ2n) is 2.12. The smallest absolute Gasteiger partial charge is 0.309 e. The predicted molar refractivity (Wildman–Crippen MR) is 29.5 cm³/mol. The van der Waals surface area contributed by atoms with Gasteiger partial charge in [-0.05, 0) is 0 Å². The van der Waals surface area contributed by atoms with E-state index in [-0.39, 0.29) is 12.8 Å². The Balaban J connectivity index is 2.72. The number of ether oxygens (including phenoxy) is 1. The Morgan fingerprint density at radius 3 is 2.60 bits per heavy atom. The van der Waals surface area contributed by atoms with E-state index in [2.05, 4.69) is 4.74 Å². The SMILES string of the molecule is NC(=O)C1(O)CCC(=O)O1. The quantitative estimate of drug-likeness (QED) is 0.439. The molecule has 56 valence electrons. The van der Waals surface area contributed by atoms with E-state index in [1.807, 2.05) is 0 Å². The molecule has 0 aromatic rings. The van der Waals surface area contributed by atoms with Crippen molar-refractivity contribution in [3.63, 3.8) is 0 Å². The van der Waals surface area contributed by atoms with E-state index in [0.717, 1.165) is 0 Å². The van der Waals surface area contributed by atoms with Crippen LogP contribution in [0, 0.1) is 0 Å². The fourth-order valence-corrected chi connectivity index (χ4v) is 0.735. The Bertz CT molecular complexity index is 190. The summed E-state index contributed by atoms with van der Waals surface area (Å²) < 4.78 is 4.25. The van der Waals surface area contributed by atoms with Gasteiger partial charge in [0.25, 0.3) is 11.7 Å². The lowest BCUT2D eigenvalue weighted by atomic mass is 10.2. The third-order valence-electron chi connectivity index (χ3n) is 1.34. The van der Waals surface area contributed by atoms with Crippen molar-refractivity contribution in [3.8, 4) is 0 Å². The van der Waals surface area contributed by atoms with E-state index in [4.69, 9.17) is 10.8 Å². The van der Waals surface area contributed by atoms with Crippen LogP contribution in [0.5, 0.6) is 0 Å². The number of hydrogen-bond donors (Lipinski definition) is 2. The molecule has 1 rings (SSSR count). The van der Waals surface area contributed by atoms with Gasteiger partial charge in [-0.2, -0.15) is 0 Å². The molecule has 0 aromatic carbocycles. The second-order valence-corrected chi connectivity index (χ2v) is 2.12. The molecule has 0 saturated carbocycles. The molecule has 5 heteroatoms. The number of rotatable bonds is 1. The van der Waals surface area contributed by atoms with Gasteiger partial charge in [0.05, 0.1) is 6.42 Å². The molecule has 0 spiro atoms. The van der Waals surface area contributed by atoms with Crippen LogP contribution in [0.1, 0.15) is 12.8 Å². The lowest BCUT2D eigenvalue weighted by Gasteiger charge is -2.14. The molecule has 0 radical (unpaired) electrons. The maximum absolute atomic E-state index is 10.4. The summed E-state index contributed by atoms with van der Waals surface area (Å²) in [6.45, 7) is 0. The first-order valence-electron chi connectivity index (χ1n) is 2.79. The molecule has 1 unspecified atom stereocenters. The first-order chi connectivity index (χ1) is 4.54. The van der Waals surface area contributed by atoms with Gasteiger partial charge in [-0.15, -0.1) is 0 Å². The summed E-state index contributed by atoms with van der Waals surface area (Å²) in [6.07, 6.45) is 0.000602. The highest BCUT2D eigenvalue weighted by Crippen LogP contribution is 2.22. The van der Waals surface area contributed by atoms with Gasteiger partial charge in [0, 0.05) is 6.42 Å². The molecule has 0 bridgehead atoms. The van der Waals surface area contributed by atoms with Crippen molar-refractivity contribution in [3.05, 3.63) is 0 Å². The summed E-state index contributed by atoms with van der Waals surface area (Å²) in [5.41, 5.74) is 4.73. The molecular formula is C5H7NO4. The summed E-state index contributed by atoms with van der Waals surface area (Å²) in [6, 6.07) is 0. The maximum Gasteiger partial charge on any atom is 0.309 e. The van der Waals surface area contributed by atoms with Gasteiger partial charge in [0.15, 0.2) is 0 Å². The van der Waals surface area contributed by atoms with Crippen LogP contribution in [-0.2, 0) is 14.3 Å². The van der Waals surface area contributed by atoms with Crippen LogP contribution in [0.25, 0.3) is 0 Å². The second kappa shape index (κ2) is 1.95. The Hall–Kier alpha value is -1.10. The highest BCUT2D eigenvalue weighted by atomic mass is 16.7. The maximum atomic E-state index is 10.4. The predicted octanol–water partition coefficient (Wildman–Crippen LogP) is -1.50. The van der Waals surface area contributed by atoms with Gasteiger partial charge in [0.2, 0.25) is 0 Å². The minimum absolute atomic E-state index is 0.0405. The Morgan fingerprint density at radius 1 is 1.80 bits per heavy atom. The van der Waals surface area contributed by atoms with Crippen LogP contribution >= 0.6 is 0 Å². The van der Waals surface area contributed by atoms with Crippen molar-refractivity contribution >= 4 is 11.9 Å². The number of carbonyl (C=O) groups excluding carboxylic acids is 2. The Morgan fingerprint density at radius 2 is 2.40 bits per heavy atom. The normalized spacial score (nSPS) is 31.9. The van der Waals surface area contributed by atoms with Crippen LogP contribution in [-0.4, -0.2) is 22.8 Å². The monoisotopic (exact) mass is 145 g/mol. The van der Waals surface area contributed by atoms with Gasteiger partial charge < -0.3 is 15.6 Å². The van der Waals surface area contributed by atoms with E-state index < -0.39 is 17.7 Å². The average Bonchev–Trinajstić information content (AvgIpc) is 2.13. The fraction of sp³-hybridized carbons (Fsp3) is 0.600. The highest BCUT2D eigenvalue weighted by molar-refractivity contribution is 5.87. The summed E-state index contributed by atoms with van der Waals surface area (Å²) in [5.74, 6) is -3.66. The largest absolute Gasteiger partial charge is 0.423 e. The van der Waals surface area contributed by atoms with E-state index in [1.165, 1.54) is 0 Å². The van der Waals surface area contributed by atoms with E-state index in [0.29, 0.717) is 0 Å². The molecule has 5 nitrogen and oxygen atoms in total. The van der Waals surface area contributed by atoms with Crippen molar-refractivity contribution < 1.29 is 19.4 Å². The minimum atomic E-state index is -2.04. The van der Waals surface area contributed by atoms with Crippen LogP contribution in [0.15, 0.2) is 0 Å². The summed E-state index contributed by atoms with van der Waals surface area (Å²) in [7, 11) is 0. The van der Waals surface area contributed by atoms with Crippen LogP contribution in [0.2, 0.25) is 0 Å². The summed E-state index contributed by atoms with van der Waals surface area (Å²) in [5, 5.41) is 9.02. The zero-order valence-electron chi connectivity index (χ0n) is 5.16. The molecule has 10 heavy (non-hydrogen) atoms. The van der Waals surface area contributed by atoms with Crippen LogP contribution < -0.4 is 5.73 Å². The molecule has 1 aliphatic rings. The highest BCUT2D eigenvalue weighted by Gasteiger charge is 2.43. The number of amides is 1. The molecule has 0 aromatic heterocycles.